The molecule has 1 amide bonds. The van der Waals surface area contributed by atoms with Crippen LogP contribution in [0.25, 0.3) is 0 Å². The Labute approximate surface area is 182 Å². The summed E-state index contributed by atoms with van der Waals surface area (Å²) in [6, 6.07) is 25.1. The van der Waals surface area contributed by atoms with Crippen LogP contribution < -0.4 is 14.4 Å². The molecule has 0 unspecified atom stereocenters. The zero-order valence-corrected chi connectivity index (χ0v) is 17.8. The van der Waals surface area contributed by atoms with Crippen LogP contribution in [0.5, 0.6) is 5.75 Å². The molecule has 4 rings (SSSR count). The van der Waals surface area contributed by atoms with Crippen LogP contribution in [0.4, 0.5) is 5.69 Å². The van der Waals surface area contributed by atoms with Gasteiger partial charge in [0.15, 0.2) is 6.10 Å². The van der Waals surface area contributed by atoms with Crippen molar-refractivity contribution in [1.82, 2.24) is 5.32 Å². The van der Waals surface area contributed by atoms with Crippen molar-refractivity contribution in [2.75, 3.05) is 17.4 Å². The second kappa shape index (κ2) is 9.22. The van der Waals surface area contributed by atoms with Crippen molar-refractivity contribution in [3.05, 3.63) is 90.5 Å². The van der Waals surface area contributed by atoms with E-state index in [0.717, 1.165) is 12.8 Å². The molecule has 3 aromatic carbocycles. The van der Waals surface area contributed by atoms with Crippen LogP contribution in [-0.2, 0) is 21.2 Å². The number of nitrogens with zero attached hydrogens (tertiary/aromatic N) is 1. The summed E-state index contributed by atoms with van der Waals surface area (Å²) in [5, 5.41) is 2.88. The molecular formula is C24H24N2O4S. The maximum absolute atomic E-state index is 13.3. The minimum atomic E-state index is -3.83. The largest absolute Gasteiger partial charge is 0.476 e. The van der Waals surface area contributed by atoms with Crippen molar-refractivity contribution in [3.63, 3.8) is 0 Å². The van der Waals surface area contributed by atoms with Crippen LogP contribution in [0.2, 0.25) is 0 Å². The third kappa shape index (κ3) is 4.72. The number of rotatable bonds is 7. The van der Waals surface area contributed by atoms with E-state index < -0.39 is 16.1 Å². The van der Waals surface area contributed by atoms with Gasteiger partial charge in [0, 0.05) is 6.54 Å². The lowest BCUT2D eigenvalue weighted by atomic mass is 10.1. The van der Waals surface area contributed by atoms with Gasteiger partial charge in [-0.1, -0.05) is 60.7 Å². The van der Waals surface area contributed by atoms with Gasteiger partial charge in [-0.2, -0.15) is 0 Å². The summed E-state index contributed by atoms with van der Waals surface area (Å²) < 4.78 is 33.7. The van der Waals surface area contributed by atoms with Gasteiger partial charge in [-0.15, -0.1) is 0 Å². The smallest absolute Gasteiger partial charge is 0.264 e. The standard InChI is InChI=1S/C24H24N2O4S/c27-24(25-17-9-12-19-10-3-1-4-11-19)23-18-26(21-15-7-8-16-22(21)30-23)31(28,29)20-13-5-2-6-14-20/h1-8,10-11,13-16,23H,9,12,17-18H2,(H,25,27)/t23-/m0/s1. The summed E-state index contributed by atoms with van der Waals surface area (Å²) in [6.45, 7) is 0.402. The number of hydrogen-bond donors (Lipinski definition) is 1. The fraction of sp³-hybridized carbons (Fsp3) is 0.208. The fourth-order valence-electron chi connectivity index (χ4n) is 3.55. The Hall–Kier alpha value is -3.32. The van der Waals surface area contributed by atoms with E-state index in [-0.39, 0.29) is 17.3 Å². The number of sulfonamides is 1. The molecule has 31 heavy (non-hydrogen) atoms. The van der Waals surface area contributed by atoms with Crippen molar-refractivity contribution < 1.29 is 17.9 Å². The van der Waals surface area contributed by atoms with Crippen molar-refractivity contribution in [2.24, 2.45) is 0 Å². The molecule has 0 fully saturated rings. The predicted molar refractivity (Wildman–Crippen MR) is 120 cm³/mol. The number of para-hydroxylation sites is 2. The quantitative estimate of drug-likeness (QED) is 0.576. The van der Waals surface area contributed by atoms with Crippen LogP contribution in [0.3, 0.4) is 0 Å². The second-order valence-corrected chi connectivity index (χ2v) is 9.17. The number of fused-ring (bicyclic) bond motifs is 1. The maximum atomic E-state index is 13.3. The van der Waals surface area contributed by atoms with Crippen molar-refractivity contribution in [3.8, 4) is 5.75 Å². The molecule has 1 atom stereocenters. The minimum absolute atomic E-state index is 0.0846. The van der Waals surface area contributed by atoms with E-state index in [1.54, 1.807) is 54.6 Å². The van der Waals surface area contributed by atoms with E-state index in [9.17, 15) is 13.2 Å². The SMILES string of the molecule is O=C(NCCCc1ccccc1)[C@@H]1CN(S(=O)(=O)c2ccccc2)c2ccccc2O1. The lowest BCUT2D eigenvalue weighted by Gasteiger charge is -2.34. The zero-order valence-electron chi connectivity index (χ0n) is 17.0. The Morgan fingerprint density at radius 1 is 0.935 bits per heavy atom. The third-order valence-corrected chi connectivity index (χ3v) is 6.94. The Kier molecular flexibility index (Phi) is 6.23. The predicted octanol–water partition coefficient (Wildman–Crippen LogP) is 3.39. The second-order valence-electron chi connectivity index (χ2n) is 7.30. The number of carbonyl (C=O) groups excluding carboxylic acids is 1. The van der Waals surface area contributed by atoms with Gasteiger partial charge in [0.2, 0.25) is 0 Å². The van der Waals surface area contributed by atoms with Gasteiger partial charge in [0.1, 0.15) is 5.75 Å². The normalized spacial score (nSPS) is 15.6. The van der Waals surface area contributed by atoms with Gasteiger partial charge in [0.25, 0.3) is 15.9 Å². The molecule has 0 saturated carbocycles. The van der Waals surface area contributed by atoms with E-state index in [4.69, 9.17) is 4.74 Å². The Morgan fingerprint density at radius 3 is 2.32 bits per heavy atom. The van der Waals surface area contributed by atoms with Crippen LogP contribution in [0.15, 0.2) is 89.8 Å². The molecule has 0 aromatic heterocycles. The van der Waals surface area contributed by atoms with Crippen LogP contribution in [-0.4, -0.2) is 33.5 Å². The summed E-state index contributed by atoms with van der Waals surface area (Å²) in [5.41, 5.74) is 1.64. The number of amides is 1. The monoisotopic (exact) mass is 436 g/mol. The molecule has 1 N–H and O–H groups in total. The molecule has 1 aliphatic rings. The highest BCUT2D eigenvalue weighted by atomic mass is 32.2. The molecule has 1 aliphatic heterocycles. The van der Waals surface area contributed by atoms with Gasteiger partial charge in [-0.25, -0.2) is 8.42 Å². The average molecular weight is 437 g/mol. The van der Waals surface area contributed by atoms with E-state index >= 15 is 0 Å². The van der Waals surface area contributed by atoms with Crippen molar-refractivity contribution >= 4 is 21.6 Å². The number of ether oxygens (including phenoxy) is 1. The van der Waals surface area contributed by atoms with Crippen molar-refractivity contribution in [2.45, 2.75) is 23.8 Å². The molecule has 6 nitrogen and oxygen atoms in total. The maximum Gasteiger partial charge on any atom is 0.264 e. The van der Waals surface area contributed by atoms with Gasteiger partial charge in [-0.05, 0) is 42.7 Å². The highest BCUT2D eigenvalue weighted by Crippen LogP contribution is 2.36. The first-order chi connectivity index (χ1) is 15.1. The number of carbonyl (C=O) groups is 1. The summed E-state index contributed by atoms with van der Waals surface area (Å²) >= 11 is 0. The Balaban J connectivity index is 1.47. The first kappa shape index (κ1) is 20.9. The van der Waals surface area contributed by atoms with Crippen LogP contribution >= 0.6 is 0 Å². The van der Waals surface area contributed by atoms with Crippen molar-refractivity contribution in [1.29, 1.82) is 0 Å². The summed E-state index contributed by atoms with van der Waals surface area (Å²) in [7, 11) is -3.83. The summed E-state index contributed by atoms with van der Waals surface area (Å²) in [4.78, 5) is 12.9. The molecule has 0 bridgehead atoms. The Morgan fingerprint density at radius 2 is 1.58 bits per heavy atom. The van der Waals surface area contributed by atoms with Gasteiger partial charge < -0.3 is 10.1 Å². The molecule has 0 saturated heterocycles. The lowest BCUT2D eigenvalue weighted by Crippen LogP contribution is -2.50. The molecule has 3 aromatic rings. The van der Waals surface area contributed by atoms with E-state index in [0.29, 0.717) is 18.0 Å². The first-order valence-corrected chi connectivity index (χ1v) is 11.6. The molecule has 7 heteroatoms. The highest BCUT2D eigenvalue weighted by Gasteiger charge is 2.37. The molecule has 1 heterocycles. The van der Waals surface area contributed by atoms with E-state index in [1.165, 1.54) is 9.87 Å². The number of benzene rings is 3. The molecule has 160 valence electrons. The molecular weight excluding hydrogens is 412 g/mol. The van der Waals surface area contributed by atoms with Gasteiger partial charge >= 0.3 is 0 Å². The average Bonchev–Trinajstić information content (AvgIpc) is 2.82. The molecule has 0 aliphatic carbocycles. The summed E-state index contributed by atoms with van der Waals surface area (Å²) in [5.74, 6) is 0.0496. The van der Waals surface area contributed by atoms with Crippen LogP contribution in [0.1, 0.15) is 12.0 Å². The Bertz CT molecular complexity index is 1130. The fourth-order valence-corrected chi connectivity index (χ4v) is 5.05. The number of aryl methyl sites for hydroxylation is 1. The lowest BCUT2D eigenvalue weighted by molar-refractivity contribution is -0.127. The van der Waals surface area contributed by atoms with Gasteiger partial charge in [-0.3, -0.25) is 9.10 Å². The summed E-state index contributed by atoms with van der Waals surface area (Å²) in [6.07, 6.45) is 0.708. The minimum Gasteiger partial charge on any atom is -0.476 e. The number of hydrogen-bond acceptors (Lipinski definition) is 4. The van der Waals surface area contributed by atoms with Crippen LogP contribution in [0, 0.1) is 0 Å². The number of anilines is 1. The van der Waals surface area contributed by atoms with Gasteiger partial charge in [0.05, 0.1) is 17.1 Å². The first-order valence-electron chi connectivity index (χ1n) is 10.2. The third-order valence-electron chi connectivity index (χ3n) is 5.14. The highest BCUT2D eigenvalue weighted by molar-refractivity contribution is 7.92. The topological polar surface area (TPSA) is 75.7 Å². The molecule has 0 radical (unpaired) electrons. The zero-order chi connectivity index (χ0) is 21.7. The number of nitrogens with one attached hydrogen (secondary N) is 1. The molecule has 0 spiro atoms. The van der Waals surface area contributed by atoms with E-state index in [2.05, 4.69) is 17.4 Å². The van der Waals surface area contributed by atoms with E-state index in [1.807, 2.05) is 18.2 Å².